The highest BCUT2D eigenvalue weighted by Gasteiger charge is 2.03. The molecular formula is C15H17NO2S. The van der Waals surface area contributed by atoms with E-state index < -0.39 is 0 Å². The van der Waals surface area contributed by atoms with Crippen LogP contribution < -0.4 is 10.1 Å². The predicted octanol–water partition coefficient (Wildman–Crippen LogP) is 3.73. The summed E-state index contributed by atoms with van der Waals surface area (Å²) in [5, 5.41) is 13.2. The Morgan fingerprint density at radius 1 is 1.21 bits per heavy atom. The fourth-order valence-corrected chi connectivity index (χ4v) is 2.21. The molecule has 0 bridgehead atoms. The number of hydrogen-bond acceptors (Lipinski definition) is 4. The van der Waals surface area contributed by atoms with E-state index >= 15 is 0 Å². The van der Waals surface area contributed by atoms with Crippen molar-refractivity contribution >= 4 is 17.4 Å². The van der Waals surface area contributed by atoms with E-state index in [1.165, 1.54) is 4.90 Å². The highest BCUT2D eigenvalue weighted by molar-refractivity contribution is 7.98. The van der Waals surface area contributed by atoms with Crippen LogP contribution in [0.25, 0.3) is 0 Å². The molecule has 0 aliphatic carbocycles. The van der Waals surface area contributed by atoms with Crippen molar-refractivity contribution in [2.75, 3.05) is 18.7 Å². The number of ether oxygens (including phenoxy) is 1. The molecule has 2 aromatic rings. The molecule has 0 saturated carbocycles. The van der Waals surface area contributed by atoms with Crippen molar-refractivity contribution in [2.45, 2.75) is 11.4 Å². The maximum absolute atomic E-state index is 9.88. The molecule has 2 rings (SSSR count). The second-order valence-corrected chi connectivity index (χ2v) is 4.96. The van der Waals surface area contributed by atoms with Crippen LogP contribution in [0, 0.1) is 0 Å². The van der Waals surface area contributed by atoms with Gasteiger partial charge in [-0.25, -0.2) is 0 Å². The maximum Gasteiger partial charge on any atom is 0.124 e. The normalized spacial score (nSPS) is 10.2. The number of nitrogens with one attached hydrogen (secondary N) is 1. The van der Waals surface area contributed by atoms with E-state index in [9.17, 15) is 5.11 Å². The molecule has 2 aromatic carbocycles. The molecule has 0 atom stereocenters. The van der Waals surface area contributed by atoms with E-state index in [-0.39, 0.29) is 5.75 Å². The molecule has 0 fully saturated rings. The number of anilines is 1. The van der Waals surface area contributed by atoms with E-state index in [0.29, 0.717) is 12.3 Å². The predicted molar refractivity (Wildman–Crippen MR) is 80.2 cm³/mol. The highest BCUT2D eigenvalue weighted by Crippen LogP contribution is 2.25. The fourth-order valence-electron chi connectivity index (χ4n) is 1.75. The fraction of sp³-hybridized carbons (Fsp3) is 0.200. The van der Waals surface area contributed by atoms with Gasteiger partial charge < -0.3 is 15.2 Å². The lowest BCUT2D eigenvalue weighted by Gasteiger charge is -2.10. The van der Waals surface area contributed by atoms with Crippen LogP contribution in [0.4, 0.5) is 5.69 Å². The molecule has 0 spiro atoms. The van der Waals surface area contributed by atoms with Crippen LogP contribution in [-0.2, 0) is 6.54 Å². The van der Waals surface area contributed by atoms with Crippen molar-refractivity contribution in [3.63, 3.8) is 0 Å². The number of benzene rings is 2. The molecule has 0 aliphatic rings. The number of phenols is 1. The van der Waals surface area contributed by atoms with Gasteiger partial charge in [-0.05, 0) is 36.6 Å². The van der Waals surface area contributed by atoms with Crippen LogP contribution >= 0.6 is 11.8 Å². The van der Waals surface area contributed by atoms with E-state index in [1.54, 1.807) is 24.9 Å². The van der Waals surface area contributed by atoms with E-state index in [4.69, 9.17) is 4.74 Å². The Labute approximate surface area is 117 Å². The Balaban J connectivity index is 2.05. The molecule has 100 valence electrons. The minimum atomic E-state index is 0.243. The van der Waals surface area contributed by atoms with E-state index in [2.05, 4.69) is 23.7 Å². The van der Waals surface area contributed by atoms with Gasteiger partial charge in [-0.2, -0.15) is 0 Å². The summed E-state index contributed by atoms with van der Waals surface area (Å²) < 4.78 is 5.06. The van der Waals surface area contributed by atoms with Gasteiger partial charge in [0, 0.05) is 28.8 Å². The lowest BCUT2D eigenvalue weighted by Crippen LogP contribution is -1.99. The SMILES string of the molecule is COc1ccc(CNc2cccc(SC)c2)c(O)c1. The second kappa shape index (κ2) is 6.38. The summed E-state index contributed by atoms with van der Waals surface area (Å²) in [5.74, 6) is 0.901. The van der Waals surface area contributed by atoms with Crippen LogP contribution in [0.2, 0.25) is 0 Å². The molecule has 19 heavy (non-hydrogen) atoms. The molecule has 0 aliphatic heterocycles. The van der Waals surface area contributed by atoms with Gasteiger partial charge in [0.2, 0.25) is 0 Å². The van der Waals surface area contributed by atoms with Crippen LogP contribution in [-0.4, -0.2) is 18.5 Å². The van der Waals surface area contributed by atoms with E-state index in [0.717, 1.165) is 11.3 Å². The molecule has 0 saturated heterocycles. The minimum absolute atomic E-state index is 0.243. The van der Waals surface area contributed by atoms with Gasteiger partial charge in [0.25, 0.3) is 0 Å². The first-order valence-electron chi connectivity index (χ1n) is 5.96. The summed E-state index contributed by atoms with van der Waals surface area (Å²) in [6, 6.07) is 13.5. The zero-order valence-corrected chi connectivity index (χ0v) is 11.8. The van der Waals surface area contributed by atoms with Gasteiger partial charge in [0.05, 0.1) is 7.11 Å². The molecule has 3 nitrogen and oxygen atoms in total. The summed E-state index contributed by atoms with van der Waals surface area (Å²) in [4.78, 5) is 1.21. The standard InChI is InChI=1S/C15H17NO2S/c1-18-13-7-6-11(15(17)9-13)10-16-12-4-3-5-14(8-12)19-2/h3-9,16-17H,10H2,1-2H3. The first kappa shape index (κ1) is 13.6. The monoisotopic (exact) mass is 275 g/mol. The van der Waals surface area contributed by atoms with Crippen LogP contribution in [0.3, 0.4) is 0 Å². The molecule has 0 amide bonds. The Morgan fingerprint density at radius 3 is 2.74 bits per heavy atom. The van der Waals surface area contributed by atoms with Crippen LogP contribution in [0.1, 0.15) is 5.56 Å². The Kier molecular flexibility index (Phi) is 4.58. The van der Waals surface area contributed by atoms with Crippen molar-refractivity contribution in [3.05, 3.63) is 48.0 Å². The summed E-state index contributed by atoms with van der Waals surface area (Å²) in [6.45, 7) is 0.577. The second-order valence-electron chi connectivity index (χ2n) is 4.08. The van der Waals surface area contributed by atoms with Crippen LogP contribution in [0.15, 0.2) is 47.4 Å². The quantitative estimate of drug-likeness (QED) is 0.816. The molecular weight excluding hydrogens is 258 g/mol. The zero-order chi connectivity index (χ0) is 13.7. The highest BCUT2D eigenvalue weighted by atomic mass is 32.2. The summed E-state index contributed by atoms with van der Waals surface area (Å²) in [7, 11) is 1.58. The van der Waals surface area contributed by atoms with Gasteiger partial charge >= 0.3 is 0 Å². The maximum atomic E-state index is 9.88. The number of phenolic OH excluding ortho intramolecular Hbond substituents is 1. The Bertz CT molecular complexity index is 558. The van der Waals surface area contributed by atoms with Crippen molar-refractivity contribution in [1.82, 2.24) is 0 Å². The number of methoxy groups -OCH3 is 1. The van der Waals surface area contributed by atoms with Crippen molar-refractivity contribution in [1.29, 1.82) is 0 Å². The first-order chi connectivity index (χ1) is 9.22. The van der Waals surface area contributed by atoms with Crippen molar-refractivity contribution in [3.8, 4) is 11.5 Å². The smallest absolute Gasteiger partial charge is 0.124 e. The molecule has 4 heteroatoms. The van der Waals surface area contributed by atoms with Gasteiger partial charge in [-0.1, -0.05) is 6.07 Å². The lowest BCUT2D eigenvalue weighted by atomic mass is 10.2. The summed E-state index contributed by atoms with van der Waals surface area (Å²) in [6.07, 6.45) is 2.05. The average Bonchev–Trinajstić information content (AvgIpc) is 2.46. The third-order valence-corrected chi connectivity index (χ3v) is 3.57. The molecule has 0 heterocycles. The lowest BCUT2D eigenvalue weighted by molar-refractivity contribution is 0.406. The Morgan fingerprint density at radius 2 is 2.05 bits per heavy atom. The summed E-state index contributed by atoms with van der Waals surface area (Å²) >= 11 is 1.71. The molecule has 0 unspecified atom stereocenters. The molecule has 2 N–H and O–H groups in total. The number of aromatic hydroxyl groups is 1. The topological polar surface area (TPSA) is 41.5 Å². The number of hydrogen-bond donors (Lipinski definition) is 2. The van der Waals surface area contributed by atoms with Gasteiger partial charge in [0.15, 0.2) is 0 Å². The Hall–Kier alpha value is -1.81. The third-order valence-electron chi connectivity index (χ3n) is 2.85. The van der Waals surface area contributed by atoms with Crippen molar-refractivity contribution < 1.29 is 9.84 Å². The first-order valence-corrected chi connectivity index (χ1v) is 7.19. The number of thioether (sulfide) groups is 1. The van der Waals surface area contributed by atoms with Crippen molar-refractivity contribution in [2.24, 2.45) is 0 Å². The largest absolute Gasteiger partial charge is 0.507 e. The van der Waals surface area contributed by atoms with Gasteiger partial charge in [-0.15, -0.1) is 11.8 Å². The molecule has 0 radical (unpaired) electrons. The van der Waals surface area contributed by atoms with Gasteiger partial charge in [0.1, 0.15) is 11.5 Å². The number of rotatable bonds is 5. The zero-order valence-electron chi connectivity index (χ0n) is 11.0. The average molecular weight is 275 g/mol. The molecule has 0 aromatic heterocycles. The third kappa shape index (κ3) is 3.58. The summed E-state index contributed by atoms with van der Waals surface area (Å²) in [5.41, 5.74) is 1.89. The minimum Gasteiger partial charge on any atom is -0.507 e. The van der Waals surface area contributed by atoms with E-state index in [1.807, 2.05) is 24.3 Å². The van der Waals surface area contributed by atoms with Gasteiger partial charge in [-0.3, -0.25) is 0 Å². The van der Waals surface area contributed by atoms with Crippen LogP contribution in [0.5, 0.6) is 11.5 Å².